The molecule has 1 atom stereocenters. The third-order valence-electron chi connectivity index (χ3n) is 4.81. The van der Waals surface area contributed by atoms with Crippen LogP contribution < -0.4 is 19.9 Å². The zero-order valence-electron chi connectivity index (χ0n) is 19.9. The quantitative estimate of drug-likeness (QED) is 0.184. The Labute approximate surface area is 208 Å². The fourth-order valence-corrected chi connectivity index (χ4v) is 3.37. The number of ketones is 2. The molecule has 35 heavy (non-hydrogen) atoms. The second-order valence-corrected chi connectivity index (χ2v) is 8.41. The van der Waals surface area contributed by atoms with Gasteiger partial charge in [-0.25, -0.2) is 4.79 Å². The van der Waals surface area contributed by atoms with Crippen LogP contribution in [0.25, 0.3) is 12.2 Å². The topological polar surface area (TPSA) is 125 Å². The van der Waals surface area contributed by atoms with Gasteiger partial charge in [0, 0.05) is 0 Å². The third kappa shape index (κ3) is 8.95. The molecule has 0 saturated carbocycles. The average molecular weight is 500 g/mol. The summed E-state index contributed by atoms with van der Waals surface area (Å²) in [6.07, 6.45) is 7.81. The van der Waals surface area contributed by atoms with Crippen LogP contribution in [0.15, 0.2) is 48.6 Å². The zero-order chi connectivity index (χ0) is 25.8. The van der Waals surface area contributed by atoms with Gasteiger partial charge in [0.05, 0.1) is 20.6 Å². The lowest BCUT2D eigenvalue weighted by Crippen LogP contribution is -2.34. The van der Waals surface area contributed by atoms with Crippen LogP contribution in [0.4, 0.5) is 0 Å². The molecule has 0 amide bonds. The SMILES string of the molecule is COc1cc(/C=C/C(=O)CC(=O)/C=C/c2ccc(OC(=O)C(N)CCSC)c(OC)c2)ccc1O. The second-order valence-electron chi connectivity index (χ2n) is 7.43. The average Bonchev–Trinajstić information content (AvgIpc) is 2.85. The van der Waals surface area contributed by atoms with Crippen molar-refractivity contribution in [2.45, 2.75) is 18.9 Å². The number of carbonyl (C=O) groups excluding carboxylic acids is 3. The monoisotopic (exact) mass is 499 g/mol. The van der Waals surface area contributed by atoms with Gasteiger partial charge < -0.3 is 25.1 Å². The molecule has 0 heterocycles. The summed E-state index contributed by atoms with van der Waals surface area (Å²) in [7, 11) is 2.87. The molecular formula is C26H29NO7S. The van der Waals surface area contributed by atoms with Crippen molar-refractivity contribution >= 4 is 41.4 Å². The number of rotatable bonds is 13. The van der Waals surface area contributed by atoms with Crippen molar-refractivity contribution in [1.29, 1.82) is 0 Å². The summed E-state index contributed by atoms with van der Waals surface area (Å²) in [4.78, 5) is 36.5. The number of hydrogen-bond donors (Lipinski definition) is 2. The number of nitrogens with two attached hydrogens (primary N) is 1. The molecule has 2 aromatic carbocycles. The number of aromatic hydroxyl groups is 1. The maximum atomic E-state index is 12.2. The number of thioether (sulfide) groups is 1. The Balaban J connectivity index is 1.97. The van der Waals surface area contributed by atoms with Gasteiger partial charge in [-0.1, -0.05) is 24.3 Å². The molecule has 0 spiro atoms. The lowest BCUT2D eigenvalue weighted by molar-refractivity contribution is -0.136. The number of methoxy groups -OCH3 is 2. The number of benzene rings is 2. The van der Waals surface area contributed by atoms with Crippen LogP contribution >= 0.6 is 11.8 Å². The molecule has 8 nitrogen and oxygen atoms in total. The van der Waals surface area contributed by atoms with Crippen LogP contribution in [0.3, 0.4) is 0 Å². The summed E-state index contributed by atoms with van der Waals surface area (Å²) in [5.74, 6) is 0.270. The molecule has 3 N–H and O–H groups in total. The maximum absolute atomic E-state index is 12.2. The number of phenols is 1. The summed E-state index contributed by atoms with van der Waals surface area (Å²) >= 11 is 1.59. The van der Waals surface area contributed by atoms with Gasteiger partial charge in [-0.3, -0.25) is 9.59 Å². The largest absolute Gasteiger partial charge is 0.504 e. The van der Waals surface area contributed by atoms with E-state index >= 15 is 0 Å². The molecule has 186 valence electrons. The summed E-state index contributed by atoms with van der Waals surface area (Å²) in [6.45, 7) is 0. The van der Waals surface area contributed by atoms with Crippen molar-refractivity contribution in [1.82, 2.24) is 0 Å². The van der Waals surface area contributed by atoms with E-state index in [2.05, 4.69) is 0 Å². The zero-order valence-corrected chi connectivity index (χ0v) is 20.7. The molecule has 1 unspecified atom stereocenters. The number of phenolic OH excluding ortho intramolecular Hbond substituents is 1. The van der Waals surface area contributed by atoms with Crippen molar-refractivity contribution in [2.24, 2.45) is 5.73 Å². The van der Waals surface area contributed by atoms with E-state index in [9.17, 15) is 19.5 Å². The summed E-state index contributed by atoms with van der Waals surface area (Å²) in [5.41, 5.74) is 7.11. The fraction of sp³-hybridized carbons (Fsp3) is 0.269. The minimum atomic E-state index is -0.730. The van der Waals surface area contributed by atoms with Crippen LogP contribution in [0.2, 0.25) is 0 Å². The fourth-order valence-electron chi connectivity index (χ4n) is 2.88. The van der Waals surface area contributed by atoms with Gasteiger partial charge in [0.2, 0.25) is 0 Å². The Kier molecular flexibility index (Phi) is 11.1. The van der Waals surface area contributed by atoms with Crippen LogP contribution in [-0.4, -0.2) is 54.9 Å². The van der Waals surface area contributed by atoms with E-state index in [1.165, 1.54) is 32.4 Å². The van der Waals surface area contributed by atoms with Crippen LogP contribution in [0.5, 0.6) is 23.0 Å². The van der Waals surface area contributed by atoms with Gasteiger partial charge in [-0.2, -0.15) is 11.8 Å². The highest BCUT2D eigenvalue weighted by Gasteiger charge is 2.17. The third-order valence-corrected chi connectivity index (χ3v) is 5.45. The molecule has 0 aliphatic carbocycles. The van der Waals surface area contributed by atoms with Crippen LogP contribution in [0, 0.1) is 0 Å². The van der Waals surface area contributed by atoms with E-state index in [1.54, 1.807) is 54.2 Å². The van der Waals surface area contributed by atoms with E-state index in [4.69, 9.17) is 19.9 Å². The summed E-state index contributed by atoms with van der Waals surface area (Å²) in [6, 6.07) is 8.75. The molecule has 0 fully saturated rings. The molecule has 9 heteroatoms. The Morgan fingerprint density at radius 2 is 1.51 bits per heavy atom. The van der Waals surface area contributed by atoms with E-state index in [0.717, 1.165) is 5.75 Å². The molecular weight excluding hydrogens is 470 g/mol. The number of hydrogen-bond acceptors (Lipinski definition) is 9. The number of esters is 1. The smallest absolute Gasteiger partial charge is 0.328 e. The first-order valence-corrected chi connectivity index (χ1v) is 12.1. The maximum Gasteiger partial charge on any atom is 0.328 e. The molecule has 2 rings (SSSR count). The first kappa shape index (κ1) is 27.7. The number of allylic oxidation sites excluding steroid dienone is 2. The predicted octanol–water partition coefficient (Wildman–Crippen LogP) is 3.65. The van der Waals surface area contributed by atoms with E-state index in [-0.39, 0.29) is 35.2 Å². The van der Waals surface area contributed by atoms with Crippen molar-refractivity contribution in [3.8, 4) is 23.0 Å². The van der Waals surface area contributed by atoms with Crippen molar-refractivity contribution in [3.05, 3.63) is 59.7 Å². The van der Waals surface area contributed by atoms with E-state index in [1.807, 2.05) is 6.26 Å². The second kappa shape index (κ2) is 14.0. The lowest BCUT2D eigenvalue weighted by Gasteiger charge is -2.13. The molecule has 2 aromatic rings. The number of ether oxygens (including phenoxy) is 3. The Bertz CT molecular complexity index is 1110. The standard InChI is InChI=1S/C26H29NO7S/c1-32-24-14-17(6-10-22(24)30)4-8-19(28)16-20(29)9-5-18-7-11-23(25(15-18)33-2)34-26(31)21(27)12-13-35-3/h4-11,14-15,21,30H,12-13,16,27H2,1-3H3/b8-4+,9-5+. The lowest BCUT2D eigenvalue weighted by atomic mass is 10.1. The Hall–Kier alpha value is -3.56. The minimum absolute atomic E-state index is 0.00570. The molecule has 0 bridgehead atoms. The molecule has 0 aromatic heterocycles. The van der Waals surface area contributed by atoms with Gasteiger partial charge >= 0.3 is 5.97 Å². The van der Waals surface area contributed by atoms with Gasteiger partial charge in [0.15, 0.2) is 34.6 Å². The van der Waals surface area contributed by atoms with Crippen LogP contribution in [-0.2, 0) is 14.4 Å². The van der Waals surface area contributed by atoms with Crippen LogP contribution in [0.1, 0.15) is 24.0 Å². The Morgan fingerprint density at radius 3 is 2.09 bits per heavy atom. The normalized spacial score (nSPS) is 12.0. The van der Waals surface area contributed by atoms with Gasteiger partial charge in [-0.05, 0) is 66.0 Å². The van der Waals surface area contributed by atoms with E-state index < -0.39 is 12.0 Å². The van der Waals surface area contributed by atoms with E-state index in [0.29, 0.717) is 23.3 Å². The number of carbonyl (C=O) groups is 3. The van der Waals surface area contributed by atoms with Gasteiger partial charge in [-0.15, -0.1) is 0 Å². The summed E-state index contributed by atoms with van der Waals surface area (Å²) in [5, 5.41) is 9.62. The highest BCUT2D eigenvalue weighted by Crippen LogP contribution is 2.29. The van der Waals surface area contributed by atoms with Crippen molar-refractivity contribution in [3.63, 3.8) is 0 Å². The molecule has 0 aliphatic rings. The summed E-state index contributed by atoms with van der Waals surface area (Å²) < 4.78 is 15.7. The van der Waals surface area contributed by atoms with Crippen molar-refractivity contribution < 1.29 is 33.7 Å². The molecule has 0 radical (unpaired) electrons. The van der Waals surface area contributed by atoms with Crippen molar-refractivity contribution in [2.75, 3.05) is 26.2 Å². The highest BCUT2D eigenvalue weighted by atomic mass is 32.2. The highest BCUT2D eigenvalue weighted by molar-refractivity contribution is 7.98. The van der Waals surface area contributed by atoms with Gasteiger partial charge in [0.1, 0.15) is 6.04 Å². The molecule has 0 aliphatic heterocycles. The predicted molar refractivity (Wildman–Crippen MR) is 137 cm³/mol. The first-order valence-electron chi connectivity index (χ1n) is 10.7. The minimum Gasteiger partial charge on any atom is -0.504 e. The van der Waals surface area contributed by atoms with Gasteiger partial charge in [0.25, 0.3) is 0 Å². The Morgan fingerprint density at radius 1 is 0.943 bits per heavy atom. The first-order chi connectivity index (χ1) is 16.8. The molecule has 0 saturated heterocycles.